The zero-order chi connectivity index (χ0) is 20.4. The molecule has 3 nitrogen and oxygen atoms in total. The summed E-state index contributed by atoms with van der Waals surface area (Å²) in [6.07, 6.45) is 0. The van der Waals surface area contributed by atoms with Gasteiger partial charge in [0, 0.05) is 16.4 Å². The van der Waals surface area contributed by atoms with Crippen LogP contribution in [0.15, 0.2) is 75.4 Å². The summed E-state index contributed by atoms with van der Waals surface area (Å²) in [6.45, 7) is 6.44. The fourth-order valence-electron chi connectivity index (χ4n) is 3.58. The van der Waals surface area contributed by atoms with Crippen LogP contribution in [0.25, 0.3) is 5.70 Å². The lowest BCUT2D eigenvalue weighted by Gasteiger charge is -2.33. The largest absolute Gasteiger partial charge is 0.366 e. The van der Waals surface area contributed by atoms with Gasteiger partial charge in [-0.1, -0.05) is 96.4 Å². The van der Waals surface area contributed by atoms with Gasteiger partial charge in [0.1, 0.15) is 4.32 Å². The van der Waals surface area contributed by atoms with Crippen molar-refractivity contribution in [2.45, 2.75) is 20.4 Å². The average Bonchev–Trinajstić information content (AvgIpc) is 3.03. The van der Waals surface area contributed by atoms with Crippen LogP contribution in [0.4, 0.5) is 0 Å². The fraction of sp³-hybridized carbons (Fsp3) is 0.217. The Balaban J connectivity index is 1.63. The number of carbonyl (C=O) groups is 1. The number of likely N-dealkylation sites (N-methyl/N-ethyl adjacent to an activating group) is 1. The minimum Gasteiger partial charge on any atom is -0.366 e. The normalized spacial score (nSPS) is 20.1. The van der Waals surface area contributed by atoms with Gasteiger partial charge in [0.25, 0.3) is 5.91 Å². The molecule has 4 rings (SSSR count). The second-order valence-corrected chi connectivity index (χ2v) is 9.84. The van der Waals surface area contributed by atoms with Crippen molar-refractivity contribution in [1.82, 2.24) is 9.80 Å². The molecule has 2 aliphatic heterocycles. The summed E-state index contributed by atoms with van der Waals surface area (Å²) < 4.78 is 0.639. The van der Waals surface area contributed by atoms with Crippen LogP contribution in [0.1, 0.15) is 25.0 Å². The number of hydrogen-bond acceptors (Lipinski definition) is 5. The van der Waals surface area contributed by atoms with Gasteiger partial charge in [0.2, 0.25) is 0 Å². The highest BCUT2D eigenvalue weighted by atomic mass is 32.2. The maximum Gasteiger partial charge on any atom is 0.267 e. The quantitative estimate of drug-likeness (QED) is 0.449. The molecule has 29 heavy (non-hydrogen) atoms. The van der Waals surface area contributed by atoms with E-state index in [2.05, 4.69) is 43.0 Å². The van der Waals surface area contributed by atoms with Crippen LogP contribution in [0.5, 0.6) is 0 Å². The highest BCUT2D eigenvalue weighted by Crippen LogP contribution is 2.45. The standard InChI is InChI=1S/C23H22N2OS3/c1-3-24-15-19(28-16(2)20(24)18-12-8-5-9-13-18)21-22(26)25(23(27)29-21)14-17-10-6-4-7-11-17/h4-13H,3,14-15H2,1-2H3/b21-19-. The lowest BCUT2D eigenvalue weighted by molar-refractivity contribution is -0.122. The van der Waals surface area contributed by atoms with Crippen LogP contribution in [-0.4, -0.2) is 33.1 Å². The lowest BCUT2D eigenvalue weighted by atomic mass is 10.1. The topological polar surface area (TPSA) is 23.6 Å². The van der Waals surface area contributed by atoms with Crippen molar-refractivity contribution in [1.29, 1.82) is 0 Å². The number of thiocarbonyl (C=S) groups is 1. The van der Waals surface area contributed by atoms with Crippen molar-refractivity contribution in [3.8, 4) is 0 Å². The summed E-state index contributed by atoms with van der Waals surface area (Å²) in [6, 6.07) is 20.5. The Morgan fingerprint density at radius 2 is 1.66 bits per heavy atom. The van der Waals surface area contributed by atoms with E-state index in [0.29, 0.717) is 10.9 Å². The van der Waals surface area contributed by atoms with Gasteiger partial charge in [-0.3, -0.25) is 9.69 Å². The van der Waals surface area contributed by atoms with Crippen LogP contribution >= 0.6 is 35.7 Å². The third-order valence-corrected chi connectivity index (χ3v) is 7.67. The molecule has 0 spiro atoms. The van der Waals surface area contributed by atoms with E-state index < -0.39 is 0 Å². The third kappa shape index (κ3) is 4.15. The summed E-state index contributed by atoms with van der Waals surface area (Å²) >= 11 is 8.70. The van der Waals surface area contributed by atoms with Gasteiger partial charge >= 0.3 is 0 Å². The molecule has 0 bridgehead atoms. The van der Waals surface area contributed by atoms with Crippen LogP contribution in [0.3, 0.4) is 0 Å². The SMILES string of the molecule is CCN1C/C(=C2/SC(=S)N(Cc3ccccc3)C2=O)SC(C)=C1c1ccccc1. The Labute approximate surface area is 185 Å². The van der Waals surface area contributed by atoms with E-state index in [4.69, 9.17) is 12.2 Å². The van der Waals surface area contributed by atoms with Crippen LogP contribution in [0, 0.1) is 0 Å². The van der Waals surface area contributed by atoms with Gasteiger partial charge in [0.05, 0.1) is 23.7 Å². The predicted octanol–water partition coefficient (Wildman–Crippen LogP) is 5.72. The molecule has 148 valence electrons. The Morgan fingerprint density at radius 3 is 2.31 bits per heavy atom. The molecule has 0 atom stereocenters. The first-order valence-corrected chi connectivity index (χ1v) is 11.6. The van der Waals surface area contributed by atoms with Crippen LogP contribution in [0.2, 0.25) is 0 Å². The van der Waals surface area contributed by atoms with Gasteiger partial charge < -0.3 is 4.90 Å². The highest BCUT2D eigenvalue weighted by molar-refractivity contribution is 8.27. The Hall–Kier alpha value is -2.02. The van der Waals surface area contributed by atoms with E-state index in [9.17, 15) is 4.79 Å². The maximum atomic E-state index is 13.2. The Kier molecular flexibility index (Phi) is 6.13. The Morgan fingerprint density at radius 1 is 1.00 bits per heavy atom. The van der Waals surface area contributed by atoms with Gasteiger partial charge in [-0.15, -0.1) is 0 Å². The van der Waals surface area contributed by atoms with Gasteiger partial charge in [-0.25, -0.2) is 0 Å². The summed E-state index contributed by atoms with van der Waals surface area (Å²) in [5.41, 5.74) is 3.56. The van der Waals surface area contributed by atoms with Gasteiger partial charge in [0.15, 0.2) is 0 Å². The fourth-order valence-corrected chi connectivity index (χ4v) is 6.15. The Bertz CT molecular complexity index is 999. The molecule has 6 heteroatoms. The third-order valence-electron chi connectivity index (χ3n) is 4.98. The second kappa shape index (κ2) is 8.78. The van der Waals surface area contributed by atoms with Crippen molar-refractivity contribution >= 4 is 51.7 Å². The van der Waals surface area contributed by atoms with E-state index in [-0.39, 0.29) is 5.91 Å². The number of amides is 1. The number of thioether (sulfide) groups is 2. The molecule has 0 aromatic heterocycles. The molecule has 0 radical (unpaired) electrons. The number of nitrogens with zero attached hydrogens (tertiary/aromatic N) is 2. The van der Waals surface area contributed by atoms with Crippen molar-refractivity contribution in [3.63, 3.8) is 0 Å². The van der Waals surface area contributed by atoms with Gasteiger partial charge in [-0.05, 0) is 25.0 Å². The molecule has 1 amide bonds. The predicted molar refractivity (Wildman–Crippen MR) is 128 cm³/mol. The number of allylic oxidation sites excluding steroid dienone is 1. The van der Waals surface area contributed by atoms with E-state index in [0.717, 1.165) is 28.5 Å². The lowest BCUT2D eigenvalue weighted by Crippen LogP contribution is -2.30. The van der Waals surface area contributed by atoms with E-state index in [1.54, 1.807) is 16.7 Å². The molecule has 2 aromatic carbocycles. The van der Waals surface area contributed by atoms with Crippen molar-refractivity contribution in [2.24, 2.45) is 0 Å². The number of rotatable bonds is 4. The second-order valence-electron chi connectivity index (χ2n) is 6.88. The molecular formula is C23H22N2OS3. The highest BCUT2D eigenvalue weighted by Gasteiger charge is 2.36. The first-order chi connectivity index (χ1) is 14.1. The molecule has 2 heterocycles. The van der Waals surface area contributed by atoms with E-state index in [1.165, 1.54) is 27.9 Å². The summed E-state index contributed by atoms with van der Waals surface area (Å²) in [7, 11) is 0. The van der Waals surface area contributed by atoms with Crippen LogP contribution < -0.4 is 0 Å². The molecular weight excluding hydrogens is 416 g/mol. The average molecular weight is 439 g/mol. The molecule has 1 fully saturated rings. The smallest absolute Gasteiger partial charge is 0.267 e. The summed E-state index contributed by atoms with van der Waals surface area (Å²) in [4.78, 5) is 20.3. The minimum absolute atomic E-state index is 0.0263. The monoisotopic (exact) mass is 438 g/mol. The van der Waals surface area contributed by atoms with E-state index in [1.807, 2.05) is 36.4 Å². The maximum absolute atomic E-state index is 13.2. The van der Waals surface area contributed by atoms with Crippen molar-refractivity contribution in [2.75, 3.05) is 13.1 Å². The van der Waals surface area contributed by atoms with E-state index >= 15 is 0 Å². The van der Waals surface area contributed by atoms with Crippen molar-refractivity contribution < 1.29 is 4.79 Å². The molecule has 0 unspecified atom stereocenters. The van der Waals surface area contributed by atoms with Crippen LogP contribution in [-0.2, 0) is 11.3 Å². The molecule has 0 saturated carbocycles. The number of benzene rings is 2. The van der Waals surface area contributed by atoms with Gasteiger partial charge in [-0.2, -0.15) is 0 Å². The first-order valence-electron chi connectivity index (χ1n) is 9.58. The van der Waals surface area contributed by atoms with Crippen molar-refractivity contribution in [3.05, 3.63) is 86.5 Å². The number of hydrogen-bond donors (Lipinski definition) is 0. The molecule has 1 saturated heterocycles. The molecule has 2 aromatic rings. The first kappa shape index (κ1) is 20.3. The number of carbonyl (C=O) groups excluding carboxylic acids is 1. The summed E-state index contributed by atoms with van der Waals surface area (Å²) in [5.74, 6) is 0.0263. The molecule has 0 aliphatic carbocycles. The zero-order valence-electron chi connectivity index (χ0n) is 16.4. The zero-order valence-corrected chi connectivity index (χ0v) is 18.9. The molecule has 0 N–H and O–H groups in total. The summed E-state index contributed by atoms with van der Waals surface area (Å²) in [5, 5.41) is 0. The minimum atomic E-state index is 0.0263. The molecule has 2 aliphatic rings.